The van der Waals surface area contributed by atoms with Gasteiger partial charge >= 0.3 is 0 Å². The number of nitrogens with zero attached hydrogens (tertiary/aromatic N) is 3. The molecule has 0 spiro atoms. The predicted molar refractivity (Wildman–Crippen MR) is 120 cm³/mol. The highest BCUT2D eigenvalue weighted by atomic mass is 32.2. The number of benzene rings is 1. The van der Waals surface area contributed by atoms with Crippen LogP contribution in [-0.4, -0.2) is 63.7 Å². The molecule has 7 nitrogen and oxygen atoms in total. The van der Waals surface area contributed by atoms with Gasteiger partial charge in [-0.3, -0.25) is 4.72 Å². The van der Waals surface area contributed by atoms with Gasteiger partial charge < -0.3 is 14.5 Å². The zero-order valence-electron chi connectivity index (χ0n) is 19.0. The van der Waals surface area contributed by atoms with E-state index in [0.717, 1.165) is 19.0 Å². The molecule has 1 aromatic carbocycles. The van der Waals surface area contributed by atoms with Crippen LogP contribution in [0, 0.1) is 18.7 Å². The van der Waals surface area contributed by atoms with E-state index in [-0.39, 0.29) is 5.82 Å². The van der Waals surface area contributed by atoms with Crippen LogP contribution in [0.5, 0.6) is 0 Å². The maximum atomic E-state index is 15.0. The van der Waals surface area contributed by atoms with Crippen molar-refractivity contribution in [2.45, 2.75) is 43.7 Å². The van der Waals surface area contributed by atoms with E-state index in [0.29, 0.717) is 30.4 Å². The van der Waals surface area contributed by atoms with Crippen molar-refractivity contribution in [2.24, 2.45) is 0 Å². The number of aryl methyl sites for hydroxylation is 1. The molecule has 0 radical (unpaired) electrons. The van der Waals surface area contributed by atoms with E-state index < -0.39 is 32.3 Å². The Hall–Kier alpha value is -2.30. The molecular formula is C22H30F2N4O3S. The Kier molecular flexibility index (Phi) is 7.06. The van der Waals surface area contributed by atoms with Gasteiger partial charge in [0.05, 0.1) is 5.60 Å². The molecule has 0 aliphatic carbocycles. The molecule has 0 amide bonds. The molecule has 2 aromatic rings. The molecule has 32 heavy (non-hydrogen) atoms. The number of hydrogen-bond acceptors (Lipinski definition) is 6. The van der Waals surface area contributed by atoms with Crippen molar-refractivity contribution in [3.05, 3.63) is 47.7 Å². The number of ether oxygens (including phenoxy) is 1. The minimum absolute atomic E-state index is 0.218. The number of anilines is 2. The number of methoxy groups -OCH3 is 1. The molecule has 1 saturated heterocycles. The Morgan fingerprint density at radius 2 is 2.03 bits per heavy atom. The molecule has 1 N–H and O–H groups in total. The molecule has 0 bridgehead atoms. The molecule has 10 heteroatoms. The Morgan fingerprint density at radius 1 is 1.31 bits per heavy atom. The summed E-state index contributed by atoms with van der Waals surface area (Å²) in [6.07, 6.45) is 0.772. The van der Waals surface area contributed by atoms with Crippen molar-refractivity contribution in [1.29, 1.82) is 0 Å². The van der Waals surface area contributed by atoms with E-state index in [4.69, 9.17) is 4.74 Å². The van der Waals surface area contributed by atoms with E-state index in [2.05, 4.69) is 28.5 Å². The zero-order valence-corrected chi connectivity index (χ0v) is 19.8. The number of rotatable bonds is 8. The lowest BCUT2D eigenvalue weighted by atomic mass is 10.0. The van der Waals surface area contributed by atoms with E-state index in [9.17, 15) is 17.2 Å². The monoisotopic (exact) mass is 468 g/mol. The van der Waals surface area contributed by atoms with Gasteiger partial charge in [-0.1, -0.05) is 6.07 Å². The third kappa shape index (κ3) is 5.19. The first kappa shape index (κ1) is 24.3. The summed E-state index contributed by atoms with van der Waals surface area (Å²) < 4.78 is 61.7. The van der Waals surface area contributed by atoms with Crippen LogP contribution in [0.25, 0.3) is 0 Å². The molecular weight excluding hydrogens is 438 g/mol. The van der Waals surface area contributed by atoms with Crippen LogP contribution in [0.15, 0.2) is 35.2 Å². The molecule has 176 valence electrons. The smallest absolute Gasteiger partial charge is 0.265 e. The molecule has 3 rings (SSSR count). The molecule has 1 aromatic heterocycles. The second kappa shape index (κ2) is 9.29. The first-order chi connectivity index (χ1) is 15.0. The van der Waals surface area contributed by atoms with E-state index in [1.807, 2.05) is 11.9 Å². The summed E-state index contributed by atoms with van der Waals surface area (Å²) in [7, 11) is -0.552. The fourth-order valence-electron chi connectivity index (χ4n) is 3.90. The largest absolute Gasteiger partial charge is 0.375 e. The Bertz CT molecular complexity index is 1080. The topological polar surface area (TPSA) is 74.8 Å². The van der Waals surface area contributed by atoms with Gasteiger partial charge in [-0.2, -0.15) is 4.39 Å². The summed E-state index contributed by atoms with van der Waals surface area (Å²) in [4.78, 5) is 7.19. The molecule has 1 aliphatic heterocycles. The highest BCUT2D eigenvalue weighted by Crippen LogP contribution is 2.34. The molecule has 0 unspecified atom stereocenters. The summed E-state index contributed by atoms with van der Waals surface area (Å²) in [6.45, 7) is 7.93. The van der Waals surface area contributed by atoms with Crippen LogP contribution >= 0.6 is 0 Å². The highest BCUT2D eigenvalue weighted by Gasteiger charge is 2.40. The molecule has 1 aliphatic rings. The Balaban J connectivity index is 1.84. The summed E-state index contributed by atoms with van der Waals surface area (Å²) >= 11 is 0. The number of likely N-dealkylation sites (N-methyl/N-ethyl adjacent to an activating group) is 1. The summed E-state index contributed by atoms with van der Waals surface area (Å²) in [6, 6.07) is 6.59. The van der Waals surface area contributed by atoms with Crippen molar-refractivity contribution >= 4 is 21.5 Å². The van der Waals surface area contributed by atoms with Crippen LogP contribution in [0.3, 0.4) is 0 Å². The first-order valence-electron chi connectivity index (χ1n) is 10.4. The van der Waals surface area contributed by atoms with Gasteiger partial charge in [0.25, 0.3) is 10.0 Å². The maximum absolute atomic E-state index is 15.0. The molecule has 2 heterocycles. The van der Waals surface area contributed by atoms with E-state index in [1.54, 1.807) is 14.0 Å². The van der Waals surface area contributed by atoms with Crippen molar-refractivity contribution < 1.29 is 21.9 Å². The van der Waals surface area contributed by atoms with E-state index >= 15 is 0 Å². The van der Waals surface area contributed by atoms with Crippen molar-refractivity contribution in [1.82, 2.24) is 9.88 Å². The lowest BCUT2D eigenvalue weighted by Gasteiger charge is -2.34. The quantitative estimate of drug-likeness (QED) is 0.599. The van der Waals surface area contributed by atoms with Crippen LogP contribution < -0.4 is 9.62 Å². The number of halogens is 2. The highest BCUT2D eigenvalue weighted by molar-refractivity contribution is 7.92. The van der Waals surface area contributed by atoms with Gasteiger partial charge in [0.2, 0.25) is 5.95 Å². The SMILES string of the molecule is CO[C@@]1(CN(C)C(C)C)CCN(c2cc(F)c(S(=O)(=O)Nc3cccc(F)n3)cc2C)C1. The Labute approximate surface area is 188 Å². The van der Waals surface area contributed by atoms with Gasteiger partial charge in [0, 0.05) is 38.5 Å². The second-order valence-corrected chi connectivity index (χ2v) is 10.2. The lowest BCUT2D eigenvalue weighted by molar-refractivity contribution is -0.0200. The number of sulfonamides is 1. The minimum Gasteiger partial charge on any atom is -0.375 e. The van der Waals surface area contributed by atoms with Crippen molar-refractivity contribution in [3.63, 3.8) is 0 Å². The van der Waals surface area contributed by atoms with Crippen LogP contribution in [0.4, 0.5) is 20.3 Å². The summed E-state index contributed by atoms with van der Waals surface area (Å²) in [5, 5.41) is 0. The maximum Gasteiger partial charge on any atom is 0.265 e. The van der Waals surface area contributed by atoms with Gasteiger partial charge in [-0.15, -0.1) is 0 Å². The molecule has 1 fully saturated rings. The summed E-state index contributed by atoms with van der Waals surface area (Å²) in [5.41, 5.74) is 0.844. The third-order valence-corrected chi connectivity index (χ3v) is 7.37. The van der Waals surface area contributed by atoms with E-state index in [1.165, 1.54) is 24.3 Å². The molecule has 1 atom stereocenters. The lowest BCUT2D eigenvalue weighted by Crippen LogP contribution is -2.47. The van der Waals surface area contributed by atoms with Crippen LogP contribution in [0.1, 0.15) is 25.8 Å². The zero-order chi connectivity index (χ0) is 23.7. The number of hydrogen-bond donors (Lipinski definition) is 1. The van der Waals surface area contributed by atoms with Gasteiger partial charge in [0.15, 0.2) is 0 Å². The standard InChI is InChI=1S/C22H30F2N4O3S/c1-15(2)27(4)13-22(31-5)9-10-28(14-22)18-12-17(23)19(11-16(18)3)32(29,30)26-21-8-6-7-20(24)25-21/h6-8,11-12,15H,9-10,13-14H2,1-5H3,(H,25,26)/t22-/m1/s1. The van der Waals surface area contributed by atoms with Gasteiger partial charge in [-0.25, -0.2) is 17.8 Å². The van der Waals surface area contributed by atoms with Crippen LogP contribution in [-0.2, 0) is 14.8 Å². The second-order valence-electron chi connectivity index (χ2n) is 8.59. The normalized spacial score (nSPS) is 19.2. The predicted octanol–water partition coefficient (Wildman–Crippen LogP) is 3.40. The van der Waals surface area contributed by atoms with Crippen LogP contribution in [0.2, 0.25) is 0 Å². The number of nitrogens with one attached hydrogen (secondary N) is 1. The third-order valence-electron chi connectivity index (χ3n) is 6.00. The first-order valence-corrected chi connectivity index (χ1v) is 11.9. The Morgan fingerprint density at radius 3 is 2.66 bits per heavy atom. The average molecular weight is 469 g/mol. The average Bonchev–Trinajstić information content (AvgIpc) is 3.13. The summed E-state index contributed by atoms with van der Waals surface area (Å²) in [5.74, 6) is -1.94. The van der Waals surface area contributed by atoms with Crippen molar-refractivity contribution in [3.8, 4) is 0 Å². The number of pyridine rings is 1. The number of aromatic nitrogens is 1. The van der Waals surface area contributed by atoms with Gasteiger partial charge in [-0.05, 0) is 64.1 Å². The van der Waals surface area contributed by atoms with Crippen molar-refractivity contribution in [2.75, 3.05) is 43.4 Å². The molecule has 0 saturated carbocycles. The fourth-order valence-corrected chi connectivity index (χ4v) is 5.04. The minimum atomic E-state index is -4.28. The van der Waals surface area contributed by atoms with Gasteiger partial charge in [0.1, 0.15) is 16.5 Å². The fraction of sp³-hybridized carbons (Fsp3) is 0.500.